The van der Waals surface area contributed by atoms with Gasteiger partial charge >= 0.3 is 0 Å². The molecule has 7 nitrogen and oxygen atoms in total. The fourth-order valence-corrected chi connectivity index (χ4v) is 6.07. The fourth-order valence-electron chi connectivity index (χ4n) is 6.07. The SMILES string of the molecule is COc1cc(C2c3cc4c(cc3[C@H](C)[C@@]3(C[C@H]3OC=O)[C@@H]2C)OCO4)cc(OC)c1OC. The van der Waals surface area contributed by atoms with Crippen LogP contribution in [0.2, 0.25) is 0 Å². The summed E-state index contributed by atoms with van der Waals surface area (Å²) in [6.45, 7) is 5.25. The van der Waals surface area contributed by atoms with Gasteiger partial charge in [0.2, 0.25) is 12.5 Å². The van der Waals surface area contributed by atoms with E-state index < -0.39 is 0 Å². The van der Waals surface area contributed by atoms with E-state index >= 15 is 0 Å². The smallest absolute Gasteiger partial charge is 0.293 e. The molecule has 7 heteroatoms. The van der Waals surface area contributed by atoms with E-state index in [1.807, 2.05) is 12.1 Å². The van der Waals surface area contributed by atoms with Crippen LogP contribution in [0.15, 0.2) is 24.3 Å². The summed E-state index contributed by atoms with van der Waals surface area (Å²) in [5, 5.41) is 0. The monoisotopic (exact) mass is 440 g/mol. The number of carbonyl (C=O) groups excluding carboxylic acids is 1. The van der Waals surface area contributed by atoms with Gasteiger partial charge in [-0.05, 0) is 59.2 Å². The molecule has 2 aliphatic carbocycles. The Hall–Kier alpha value is -3.09. The Morgan fingerprint density at radius 2 is 1.56 bits per heavy atom. The number of benzene rings is 2. The quantitative estimate of drug-likeness (QED) is 0.622. The maximum atomic E-state index is 11.2. The molecule has 0 N–H and O–H groups in total. The van der Waals surface area contributed by atoms with Crippen LogP contribution >= 0.6 is 0 Å². The Balaban J connectivity index is 1.71. The van der Waals surface area contributed by atoms with Crippen molar-refractivity contribution >= 4 is 6.47 Å². The van der Waals surface area contributed by atoms with E-state index in [4.69, 9.17) is 28.4 Å². The molecule has 2 aromatic carbocycles. The third-order valence-electron chi connectivity index (χ3n) is 7.78. The maximum absolute atomic E-state index is 11.2. The zero-order valence-electron chi connectivity index (χ0n) is 19.0. The molecule has 1 heterocycles. The van der Waals surface area contributed by atoms with Crippen molar-refractivity contribution in [2.45, 2.75) is 38.2 Å². The van der Waals surface area contributed by atoms with Crippen molar-refractivity contribution < 1.29 is 33.2 Å². The van der Waals surface area contributed by atoms with Crippen molar-refractivity contribution in [3.63, 3.8) is 0 Å². The minimum absolute atomic E-state index is 0.0182. The molecule has 1 spiro atoms. The average molecular weight is 440 g/mol. The highest BCUT2D eigenvalue weighted by Gasteiger charge is 2.66. The van der Waals surface area contributed by atoms with Crippen LogP contribution < -0.4 is 23.7 Å². The number of hydrogen-bond donors (Lipinski definition) is 0. The largest absolute Gasteiger partial charge is 0.493 e. The third kappa shape index (κ3) is 2.76. The van der Waals surface area contributed by atoms with E-state index in [9.17, 15) is 4.79 Å². The highest BCUT2D eigenvalue weighted by atomic mass is 16.7. The molecule has 170 valence electrons. The van der Waals surface area contributed by atoms with Crippen molar-refractivity contribution in [2.24, 2.45) is 11.3 Å². The Morgan fingerprint density at radius 1 is 0.938 bits per heavy atom. The molecule has 1 saturated carbocycles. The molecular formula is C25H28O7. The second-order valence-electron chi connectivity index (χ2n) is 8.82. The summed E-state index contributed by atoms with van der Waals surface area (Å²) in [5.74, 6) is 3.71. The average Bonchev–Trinajstić information content (AvgIpc) is 3.33. The predicted molar refractivity (Wildman–Crippen MR) is 116 cm³/mol. The van der Waals surface area contributed by atoms with Crippen LogP contribution in [-0.2, 0) is 9.53 Å². The van der Waals surface area contributed by atoms with Gasteiger partial charge in [-0.3, -0.25) is 4.79 Å². The molecule has 0 bridgehead atoms. The van der Waals surface area contributed by atoms with E-state index in [0.717, 1.165) is 23.5 Å². The van der Waals surface area contributed by atoms with Crippen molar-refractivity contribution in [3.05, 3.63) is 41.0 Å². The molecule has 0 saturated heterocycles. The Labute approximate surface area is 187 Å². The second-order valence-corrected chi connectivity index (χ2v) is 8.82. The van der Waals surface area contributed by atoms with E-state index in [1.165, 1.54) is 11.1 Å². The van der Waals surface area contributed by atoms with Crippen LogP contribution in [-0.4, -0.2) is 40.7 Å². The zero-order chi connectivity index (χ0) is 22.6. The molecule has 5 rings (SSSR count). The highest BCUT2D eigenvalue weighted by Crippen LogP contribution is 2.70. The lowest BCUT2D eigenvalue weighted by Gasteiger charge is -2.43. The van der Waals surface area contributed by atoms with Gasteiger partial charge in [-0.15, -0.1) is 0 Å². The molecule has 0 aromatic heterocycles. The second kappa shape index (κ2) is 7.50. The molecule has 2 aromatic rings. The Bertz CT molecular complexity index is 1040. The van der Waals surface area contributed by atoms with Gasteiger partial charge in [0, 0.05) is 11.3 Å². The summed E-state index contributed by atoms with van der Waals surface area (Å²) in [6, 6.07) is 8.22. The zero-order valence-corrected chi connectivity index (χ0v) is 19.0. The van der Waals surface area contributed by atoms with Gasteiger partial charge in [-0.25, -0.2) is 0 Å². The molecule has 1 fully saturated rings. The Morgan fingerprint density at radius 3 is 2.12 bits per heavy atom. The molecule has 0 amide bonds. The number of methoxy groups -OCH3 is 3. The molecule has 32 heavy (non-hydrogen) atoms. The molecule has 3 aliphatic rings. The first kappa shape index (κ1) is 20.8. The topological polar surface area (TPSA) is 72.5 Å². The minimum atomic E-state index is -0.146. The highest BCUT2D eigenvalue weighted by molar-refractivity contribution is 5.60. The summed E-state index contributed by atoms with van der Waals surface area (Å²) >= 11 is 0. The molecule has 1 unspecified atom stereocenters. The summed E-state index contributed by atoms with van der Waals surface area (Å²) in [4.78, 5) is 11.2. The van der Waals surface area contributed by atoms with Gasteiger partial charge < -0.3 is 28.4 Å². The summed E-state index contributed by atoms with van der Waals surface area (Å²) in [7, 11) is 4.84. The van der Waals surface area contributed by atoms with Gasteiger partial charge in [0.05, 0.1) is 21.3 Å². The number of fused-ring (bicyclic) bond motifs is 2. The number of hydrogen-bond acceptors (Lipinski definition) is 7. The fraction of sp³-hybridized carbons (Fsp3) is 0.480. The van der Waals surface area contributed by atoms with Gasteiger partial charge in [0.1, 0.15) is 6.10 Å². The first-order valence-electron chi connectivity index (χ1n) is 10.8. The normalized spacial score (nSPS) is 29.3. The van der Waals surface area contributed by atoms with Crippen molar-refractivity contribution in [2.75, 3.05) is 28.1 Å². The first-order valence-corrected chi connectivity index (χ1v) is 10.8. The molecule has 5 atom stereocenters. The third-order valence-corrected chi connectivity index (χ3v) is 7.78. The number of carbonyl (C=O) groups is 1. The summed E-state index contributed by atoms with van der Waals surface area (Å²) in [5.41, 5.74) is 3.29. The number of rotatable bonds is 6. The van der Waals surface area contributed by atoms with Crippen molar-refractivity contribution in [3.8, 4) is 28.7 Å². The summed E-state index contributed by atoms with van der Waals surface area (Å²) < 4.78 is 33.7. The number of ether oxygens (including phenoxy) is 6. The van der Waals surface area contributed by atoms with Crippen LogP contribution in [0.1, 0.15) is 48.8 Å². The predicted octanol–water partition coefficient (Wildman–Crippen LogP) is 4.26. The Kier molecular flexibility index (Phi) is 4.87. The minimum Gasteiger partial charge on any atom is -0.493 e. The van der Waals surface area contributed by atoms with Gasteiger partial charge in [-0.1, -0.05) is 13.8 Å². The lowest BCUT2D eigenvalue weighted by molar-refractivity contribution is -0.131. The molecule has 1 aliphatic heterocycles. The van der Waals surface area contributed by atoms with Crippen LogP contribution in [0.3, 0.4) is 0 Å². The molecular weight excluding hydrogens is 412 g/mol. The van der Waals surface area contributed by atoms with Crippen LogP contribution in [0.25, 0.3) is 0 Å². The lowest BCUT2D eigenvalue weighted by Crippen LogP contribution is -2.35. The van der Waals surface area contributed by atoms with Gasteiger partial charge in [0.25, 0.3) is 6.47 Å². The summed E-state index contributed by atoms with van der Waals surface area (Å²) in [6.07, 6.45) is 0.733. The van der Waals surface area contributed by atoms with Gasteiger partial charge in [0.15, 0.2) is 23.0 Å². The first-order chi connectivity index (χ1) is 15.5. The lowest BCUT2D eigenvalue weighted by atomic mass is 9.60. The van der Waals surface area contributed by atoms with E-state index in [2.05, 4.69) is 26.0 Å². The van der Waals surface area contributed by atoms with Gasteiger partial charge in [-0.2, -0.15) is 0 Å². The van der Waals surface area contributed by atoms with Crippen LogP contribution in [0.4, 0.5) is 0 Å². The van der Waals surface area contributed by atoms with Crippen LogP contribution in [0.5, 0.6) is 28.7 Å². The molecule has 0 radical (unpaired) electrons. The standard InChI is InChI=1S/C25H28O7/c1-13-16-8-18-19(32-12-31-18)9-17(16)23(14(2)25(13)10-22(25)30-11-26)15-6-20(27-3)24(29-5)21(7-15)28-4/h6-9,11,13-14,22-23H,10,12H2,1-5H3/t13-,14+,22+,23?,25-/m0/s1. The van der Waals surface area contributed by atoms with Crippen molar-refractivity contribution in [1.82, 2.24) is 0 Å². The van der Waals surface area contributed by atoms with Crippen LogP contribution in [0, 0.1) is 11.3 Å². The van der Waals surface area contributed by atoms with E-state index in [1.54, 1.807) is 21.3 Å². The van der Waals surface area contributed by atoms with E-state index in [-0.39, 0.29) is 36.1 Å². The maximum Gasteiger partial charge on any atom is 0.293 e. The van der Waals surface area contributed by atoms with E-state index in [0.29, 0.717) is 23.7 Å². The van der Waals surface area contributed by atoms with Crippen molar-refractivity contribution in [1.29, 1.82) is 0 Å².